The number of hydrogen-bond acceptors (Lipinski definition) is 4. The number of esters is 2. The fraction of sp³-hybridized carbons (Fsp3) is 0.800. The van der Waals surface area contributed by atoms with E-state index in [1.54, 1.807) is 0 Å². The van der Waals surface area contributed by atoms with E-state index in [4.69, 9.17) is 9.47 Å². The minimum absolute atomic E-state index is 0.0243. The van der Waals surface area contributed by atoms with Crippen molar-refractivity contribution in [2.24, 2.45) is 11.3 Å². The molecule has 0 aliphatic carbocycles. The van der Waals surface area contributed by atoms with Crippen LogP contribution in [0.4, 0.5) is 0 Å². The monoisotopic (exact) mass is 200 g/mol. The standard InChI is InChI=1S/C10H16O4/c1-10(2,9(12)13-3)7-4-5-14-8(11)6-7/h7H,4-6H2,1-3H3. The average Bonchev–Trinajstić information content (AvgIpc) is 2.16. The molecule has 0 spiro atoms. The first-order valence-electron chi connectivity index (χ1n) is 4.72. The second kappa shape index (κ2) is 3.98. The highest BCUT2D eigenvalue weighted by molar-refractivity contribution is 5.78. The van der Waals surface area contributed by atoms with E-state index in [1.165, 1.54) is 7.11 Å². The molecule has 80 valence electrons. The molecule has 0 saturated carbocycles. The Morgan fingerprint density at radius 1 is 1.57 bits per heavy atom. The van der Waals surface area contributed by atoms with Crippen molar-refractivity contribution >= 4 is 11.9 Å². The Bertz CT molecular complexity index is 245. The fourth-order valence-corrected chi connectivity index (χ4v) is 1.72. The number of methoxy groups -OCH3 is 1. The summed E-state index contributed by atoms with van der Waals surface area (Å²) in [5.74, 6) is -0.466. The van der Waals surface area contributed by atoms with Crippen LogP contribution in [0.1, 0.15) is 26.7 Å². The molecule has 4 heteroatoms. The third-order valence-corrected chi connectivity index (χ3v) is 2.87. The first kappa shape index (κ1) is 11.0. The minimum Gasteiger partial charge on any atom is -0.469 e. The molecule has 1 atom stereocenters. The van der Waals surface area contributed by atoms with Crippen LogP contribution < -0.4 is 0 Å². The highest BCUT2D eigenvalue weighted by Gasteiger charge is 2.40. The summed E-state index contributed by atoms with van der Waals surface area (Å²) >= 11 is 0. The molecule has 1 fully saturated rings. The third-order valence-electron chi connectivity index (χ3n) is 2.87. The van der Waals surface area contributed by atoms with Crippen LogP contribution in [0.3, 0.4) is 0 Å². The largest absolute Gasteiger partial charge is 0.469 e. The normalized spacial score (nSPS) is 22.8. The molecule has 0 aromatic carbocycles. The van der Waals surface area contributed by atoms with E-state index in [2.05, 4.69) is 0 Å². The summed E-state index contributed by atoms with van der Waals surface area (Å²) in [5, 5.41) is 0. The molecule has 1 rings (SSSR count). The molecule has 1 unspecified atom stereocenters. The van der Waals surface area contributed by atoms with Gasteiger partial charge in [0.05, 0.1) is 19.1 Å². The smallest absolute Gasteiger partial charge is 0.311 e. The maximum Gasteiger partial charge on any atom is 0.311 e. The molecule has 4 nitrogen and oxygen atoms in total. The molecule has 0 radical (unpaired) electrons. The summed E-state index contributed by atoms with van der Waals surface area (Å²) in [6.45, 7) is 4.02. The van der Waals surface area contributed by atoms with E-state index in [9.17, 15) is 9.59 Å². The number of cyclic esters (lactones) is 1. The quantitative estimate of drug-likeness (QED) is 0.627. The van der Waals surface area contributed by atoms with Crippen molar-refractivity contribution in [2.45, 2.75) is 26.7 Å². The predicted octanol–water partition coefficient (Wildman–Crippen LogP) is 1.14. The molecular formula is C10H16O4. The Kier molecular flexibility index (Phi) is 3.13. The first-order valence-corrected chi connectivity index (χ1v) is 4.72. The van der Waals surface area contributed by atoms with Gasteiger partial charge in [0.2, 0.25) is 0 Å². The Labute approximate surface area is 83.6 Å². The molecule has 0 aromatic heterocycles. The molecule has 0 bridgehead atoms. The van der Waals surface area contributed by atoms with Gasteiger partial charge >= 0.3 is 11.9 Å². The van der Waals surface area contributed by atoms with E-state index < -0.39 is 5.41 Å². The van der Waals surface area contributed by atoms with E-state index in [-0.39, 0.29) is 17.9 Å². The average molecular weight is 200 g/mol. The number of hydrogen-bond donors (Lipinski definition) is 0. The lowest BCUT2D eigenvalue weighted by molar-refractivity contribution is -0.161. The van der Waals surface area contributed by atoms with E-state index in [1.807, 2.05) is 13.8 Å². The van der Waals surface area contributed by atoms with Gasteiger partial charge in [0.25, 0.3) is 0 Å². The maximum absolute atomic E-state index is 11.5. The van der Waals surface area contributed by atoms with Crippen LogP contribution in [0.2, 0.25) is 0 Å². The molecule has 1 heterocycles. The predicted molar refractivity (Wildman–Crippen MR) is 49.5 cm³/mol. The van der Waals surface area contributed by atoms with E-state index >= 15 is 0 Å². The summed E-state index contributed by atoms with van der Waals surface area (Å²) in [5.41, 5.74) is -0.603. The Hall–Kier alpha value is -1.06. The Morgan fingerprint density at radius 2 is 2.21 bits per heavy atom. The summed E-state index contributed by atoms with van der Waals surface area (Å²) in [6.07, 6.45) is 1.04. The summed E-state index contributed by atoms with van der Waals surface area (Å²) in [4.78, 5) is 22.5. The zero-order valence-corrected chi connectivity index (χ0v) is 8.83. The van der Waals surface area contributed by atoms with Gasteiger partial charge in [0.1, 0.15) is 0 Å². The molecule has 14 heavy (non-hydrogen) atoms. The number of rotatable bonds is 2. The van der Waals surface area contributed by atoms with Gasteiger partial charge in [-0.05, 0) is 26.2 Å². The number of carbonyl (C=O) groups is 2. The third kappa shape index (κ3) is 2.05. The van der Waals surface area contributed by atoms with Crippen molar-refractivity contribution in [1.82, 2.24) is 0 Å². The highest BCUT2D eigenvalue weighted by Crippen LogP contribution is 2.35. The SMILES string of the molecule is COC(=O)C(C)(C)C1CCOC(=O)C1. The van der Waals surface area contributed by atoms with Gasteiger partial charge in [-0.15, -0.1) is 0 Å². The van der Waals surface area contributed by atoms with Crippen LogP contribution in [-0.4, -0.2) is 25.7 Å². The number of carbonyl (C=O) groups excluding carboxylic acids is 2. The van der Waals surface area contributed by atoms with Crippen LogP contribution in [0, 0.1) is 11.3 Å². The van der Waals surface area contributed by atoms with Gasteiger partial charge in [0, 0.05) is 6.42 Å². The summed E-state index contributed by atoms with van der Waals surface area (Å²) in [6, 6.07) is 0. The number of ether oxygens (including phenoxy) is 2. The zero-order valence-electron chi connectivity index (χ0n) is 8.83. The van der Waals surface area contributed by atoms with Crippen LogP contribution in [0.15, 0.2) is 0 Å². The van der Waals surface area contributed by atoms with Gasteiger partial charge in [-0.1, -0.05) is 0 Å². The van der Waals surface area contributed by atoms with Crippen molar-refractivity contribution in [1.29, 1.82) is 0 Å². The lowest BCUT2D eigenvalue weighted by atomic mass is 9.74. The molecular weight excluding hydrogens is 184 g/mol. The minimum atomic E-state index is -0.603. The van der Waals surface area contributed by atoms with Crippen LogP contribution in [-0.2, 0) is 19.1 Å². The Balaban J connectivity index is 2.70. The maximum atomic E-state index is 11.5. The first-order chi connectivity index (χ1) is 6.48. The van der Waals surface area contributed by atoms with Gasteiger partial charge in [-0.3, -0.25) is 9.59 Å². The Morgan fingerprint density at radius 3 is 2.71 bits per heavy atom. The molecule has 0 N–H and O–H groups in total. The van der Waals surface area contributed by atoms with Gasteiger partial charge in [0.15, 0.2) is 0 Å². The lowest BCUT2D eigenvalue weighted by Gasteiger charge is -2.33. The van der Waals surface area contributed by atoms with Crippen molar-refractivity contribution in [3.05, 3.63) is 0 Å². The molecule has 1 aliphatic rings. The van der Waals surface area contributed by atoms with Gasteiger partial charge in [-0.25, -0.2) is 0 Å². The zero-order chi connectivity index (χ0) is 10.8. The van der Waals surface area contributed by atoms with E-state index in [0.717, 1.165) is 6.42 Å². The highest BCUT2D eigenvalue weighted by atomic mass is 16.5. The summed E-state index contributed by atoms with van der Waals surface area (Å²) < 4.78 is 9.54. The van der Waals surface area contributed by atoms with Crippen molar-refractivity contribution in [3.63, 3.8) is 0 Å². The molecule has 1 aliphatic heterocycles. The second-order valence-corrected chi connectivity index (χ2v) is 4.12. The van der Waals surface area contributed by atoms with Crippen molar-refractivity contribution < 1.29 is 19.1 Å². The van der Waals surface area contributed by atoms with E-state index in [0.29, 0.717) is 13.0 Å². The van der Waals surface area contributed by atoms with Crippen LogP contribution in [0.5, 0.6) is 0 Å². The lowest BCUT2D eigenvalue weighted by Crippen LogP contribution is -2.38. The van der Waals surface area contributed by atoms with Crippen molar-refractivity contribution in [3.8, 4) is 0 Å². The molecule has 1 saturated heterocycles. The van der Waals surface area contributed by atoms with Crippen LogP contribution in [0.25, 0.3) is 0 Å². The van der Waals surface area contributed by atoms with Crippen molar-refractivity contribution in [2.75, 3.05) is 13.7 Å². The fourth-order valence-electron chi connectivity index (χ4n) is 1.72. The van der Waals surface area contributed by atoms with Crippen LogP contribution >= 0.6 is 0 Å². The van der Waals surface area contributed by atoms with Gasteiger partial charge < -0.3 is 9.47 Å². The van der Waals surface area contributed by atoms with Gasteiger partial charge in [-0.2, -0.15) is 0 Å². The molecule has 0 amide bonds. The summed E-state index contributed by atoms with van der Waals surface area (Å²) in [7, 11) is 1.37. The topological polar surface area (TPSA) is 52.6 Å². The second-order valence-electron chi connectivity index (χ2n) is 4.12. The molecule has 0 aromatic rings.